The first-order valence-corrected chi connectivity index (χ1v) is 10.5. The number of nitrogens with one attached hydrogen (secondary N) is 2. The molecule has 0 saturated heterocycles. The van der Waals surface area contributed by atoms with E-state index in [2.05, 4.69) is 30.6 Å². The largest absolute Gasteiger partial charge is 0.474 e. The summed E-state index contributed by atoms with van der Waals surface area (Å²) in [5, 5.41) is 6.39. The Bertz CT molecular complexity index is 1240. The van der Waals surface area contributed by atoms with Crippen LogP contribution in [-0.4, -0.2) is 52.8 Å². The standard InChI is InChI=1S/C21H23F4N7O2/c1-9-4-5-27-6-7-28-18-13-17(31-20(32-18)33-3)15(22)16(30-19(13)34-9)11-8-12(26)29-10(2)14(11)21(23,24)25/h8-9,27H,4-7H2,1-3H3,(H2,26,29)(H,28,31,32). The molecule has 1 unspecified atom stereocenters. The number of methoxy groups -OCH3 is 1. The minimum absolute atomic E-state index is 0.100. The lowest BCUT2D eigenvalue weighted by Crippen LogP contribution is -2.26. The molecule has 0 amide bonds. The normalized spacial score (nSPS) is 17.0. The average molecular weight is 481 g/mol. The quantitative estimate of drug-likeness (QED) is 0.474. The van der Waals surface area contributed by atoms with Crippen LogP contribution in [0.1, 0.15) is 24.6 Å². The van der Waals surface area contributed by atoms with Crippen LogP contribution in [0.4, 0.5) is 29.2 Å². The number of nitrogens with two attached hydrogens (primary N) is 1. The van der Waals surface area contributed by atoms with Crippen LogP contribution in [0.5, 0.6) is 11.9 Å². The molecule has 182 valence electrons. The average Bonchev–Trinajstić information content (AvgIpc) is 2.78. The van der Waals surface area contributed by atoms with E-state index in [1.54, 1.807) is 6.92 Å². The molecule has 3 aromatic rings. The van der Waals surface area contributed by atoms with Crippen molar-refractivity contribution in [2.24, 2.45) is 0 Å². The van der Waals surface area contributed by atoms with E-state index in [1.807, 2.05) is 0 Å². The number of rotatable bonds is 2. The van der Waals surface area contributed by atoms with Gasteiger partial charge in [-0.25, -0.2) is 14.4 Å². The Kier molecular flexibility index (Phi) is 6.30. The Hall–Kier alpha value is -3.48. The molecule has 4 heterocycles. The molecule has 1 aliphatic heterocycles. The second-order valence-corrected chi connectivity index (χ2v) is 7.81. The second kappa shape index (κ2) is 9.05. The second-order valence-electron chi connectivity index (χ2n) is 7.81. The summed E-state index contributed by atoms with van der Waals surface area (Å²) in [7, 11) is 1.30. The maximum atomic E-state index is 15.9. The Morgan fingerprint density at radius 1 is 1.15 bits per heavy atom. The smallest absolute Gasteiger partial charge is 0.418 e. The van der Waals surface area contributed by atoms with Gasteiger partial charge in [-0.15, -0.1) is 0 Å². The summed E-state index contributed by atoms with van der Waals surface area (Å²) >= 11 is 0. The van der Waals surface area contributed by atoms with Crippen molar-refractivity contribution in [3.63, 3.8) is 0 Å². The van der Waals surface area contributed by atoms with Gasteiger partial charge in [-0.2, -0.15) is 23.1 Å². The summed E-state index contributed by atoms with van der Waals surface area (Å²) < 4.78 is 68.8. The first kappa shape index (κ1) is 23.7. The summed E-state index contributed by atoms with van der Waals surface area (Å²) in [6, 6.07) is 0.769. The minimum atomic E-state index is -4.84. The van der Waals surface area contributed by atoms with Crippen LogP contribution < -0.4 is 25.8 Å². The molecule has 0 aromatic carbocycles. The van der Waals surface area contributed by atoms with Crippen molar-refractivity contribution in [1.29, 1.82) is 0 Å². The van der Waals surface area contributed by atoms with Crippen LogP contribution in [0.25, 0.3) is 22.2 Å². The predicted molar refractivity (Wildman–Crippen MR) is 117 cm³/mol. The lowest BCUT2D eigenvalue weighted by molar-refractivity contribution is -0.137. The molecular formula is C21H23F4N7O2. The van der Waals surface area contributed by atoms with Crippen molar-refractivity contribution in [3.05, 3.63) is 23.1 Å². The first-order valence-electron chi connectivity index (χ1n) is 10.5. The Morgan fingerprint density at radius 2 is 1.91 bits per heavy atom. The van der Waals surface area contributed by atoms with Gasteiger partial charge in [0.25, 0.3) is 0 Å². The van der Waals surface area contributed by atoms with Gasteiger partial charge < -0.3 is 25.8 Å². The Balaban J connectivity index is 2.08. The number of nitrogen functional groups attached to an aromatic ring is 1. The molecule has 0 bridgehead atoms. The van der Waals surface area contributed by atoms with Crippen molar-refractivity contribution in [1.82, 2.24) is 25.3 Å². The summed E-state index contributed by atoms with van der Waals surface area (Å²) in [6.45, 7) is 4.59. The van der Waals surface area contributed by atoms with Crippen molar-refractivity contribution in [2.45, 2.75) is 32.5 Å². The highest BCUT2D eigenvalue weighted by Crippen LogP contribution is 2.43. The number of anilines is 2. The van der Waals surface area contributed by atoms with E-state index in [0.717, 1.165) is 13.0 Å². The molecule has 4 N–H and O–H groups in total. The van der Waals surface area contributed by atoms with Crippen LogP contribution in [0.3, 0.4) is 0 Å². The Labute approximate surface area is 192 Å². The molecule has 0 saturated carbocycles. The van der Waals surface area contributed by atoms with E-state index >= 15 is 4.39 Å². The van der Waals surface area contributed by atoms with Crippen molar-refractivity contribution >= 4 is 22.5 Å². The lowest BCUT2D eigenvalue weighted by atomic mass is 10.0. The summed E-state index contributed by atoms with van der Waals surface area (Å²) in [4.78, 5) is 16.2. The van der Waals surface area contributed by atoms with Crippen molar-refractivity contribution in [2.75, 3.05) is 37.8 Å². The van der Waals surface area contributed by atoms with Crippen LogP contribution in [0.15, 0.2) is 6.07 Å². The van der Waals surface area contributed by atoms with E-state index in [9.17, 15) is 13.2 Å². The summed E-state index contributed by atoms with van der Waals surface area (Å²) in [6.07, 6.45) is -4.64. The van der Waals surface area contributed by atoms with E-state index in [-0.39, 0.29) is 40.5 Å². The fourth-order valence-electron chi connectivity index (χ4n) is 3.79. The van der Waals surface area contributed by atoms with Crippen LogP contribution >= 0.6 is 0 Å². The van der Waals surface area contributed by atoms with Gasteiger partial charge in [0.15, 0.2) is 5.82 Å². The van der Waals surface area contributed by atoms with E-state index < -0.39 is 34.5 Å². The SMILES string of the molecule is COc1nc2c3c(nc(-c4cc(N)nc(C)c4C(F)(F)F)c(F)c3n1)OC(C)CCNCCN2. The molecule has 0 aliphatic carbocycles. The number of aromatic nitrogens is 4. The third-order valence-electron chi connectivity index (χ3n) is 5.31. The zero-order valence-electron chi connectivity index (χ0n) is 18.7. The molecule has 1 aliphatic rings. The molecule has 34 heavy (non-hydrogen) atoms. The third-order valence-corrected chi connectivity index (χ3v) is 5.31. The van der Waals surface area contributed by atoms with Crippen LogP contribution in [0, 0.1) is 12.7 Å². The number of hydrogen-bond acceptors (Lipinski definition) is 9. The molecule has 4 rings (SSSR count). The van der Waals surface area contributed by atoms with Crippen molar-refractivity contribution in [3.8, 4) is 23.1 Å². The number of nitrogens with zero attached hydrogens (tertiary/aromatic N) is 4. The van der Waals surface area contributed by atoms with Gasteiger partial charge in [-0.1, -0.05) is 0 Å². The number of aryl methyl sites for hydroxylation is 1. The molecule has 3 aromatic heterocycles. The molecule has 13 heteroatoms. The number of hydrogen-bond donors (Lipinski definition) is 3. The number of alkyl halides is 3. The number of ether oxygens (including phenoxy) is 2. The maximum absolute atomic E-state index is 15.9. The lowest BCUT2D eigenvalue weighted by Gasteiger charge is -2.20. The van der Waals surface area contributed by atoms with Crippen LogP contribution in [0.2, 0.25) is 0 Å². The fourth-order valence-corrected chi connectivity index (χ4v) is 3.79. The maximum Gasteiger partial charge on any atom is 0.418 e. The molecule has 0 radical (unpaired) electrons. The van der Waals surface area contributed by atoms with Crippen molar-refractivity contribution < 1.29 is 27.0 Å². The minimum Gasteiger partial charge on any atom is -0.474 e. The highest BCUT2D eigenvalue weighted by atomic mass is 19.4. The zero-order chi connectivity index (χ0) is 24.6. The van der Waals surface area contributed by atoms with Gasteiger partial charge in [-0.05, 0) is 32.9 Å². The van der Waals surface area contributed by atoms with Gasteiger partial charge in [-0.3, -0.25) is 0 Å². The highest BCUT2D eigenvalue weighted by Gasteiger charge is 2.38. The summed E-state index contributed by atoms with van der Waals surface area (Å²) in [5.41, 5.74) is 2.70. The molecule has 9 nitrogen and oxygen atoms in total. The van der Waals surface area contributed by atoms with E-state index in [4.69, 9.17) is 15.2 Å². The number of pyridine rings is 2. The van der Waals surface area contributed by atoms with Gasteiger partial charge in [0.05, 0.1) is 24.5 Å². The topological polar surface area (TPSA) is 120 Å². The number of halogens is 4. The van der Waals surface area contributed by atoms with E-state index in [1.165, 1.54) is 7.11 Å². The van der Waals surface area contributed by atoms with Crippen LogP contribution in [-0.2, 0) is 6.18 Å². The van der Waals surface area contributed by atoms with Gasteiger partial charge >= 0.3 is 12.2 Å². The Morgan fingerprint density at radius 3 is 2.62 bits per heavy atom. The zero-order valence-corrected chi connectivity index (χ0v) is 18.7. The fraction of sp³-hybridized carbons (Fsp3) is 0.429. The molecule has 0 fully saturated rings. The van der Waals surface area contributed by atoms with Gasteiger partial charge in [0.1, 0.15) is 28.2 Å². The van der Waals surface area contributed by atoms with Gasteiger partial charge in [0, 0.05) is 18.7 Å². The first-order chi connectivity index (χ1) is 16.1. The monoisotopic (exact) mass is 481 g/mol. The van der Waals surface area contributed by atoms with E-state index in [0.29, 0.717) is 26.1 Å². The molecule has 1 atom stereocenters. The molecular weight excluding hydrogens is 458 g/mol. The molecule has 0 spiro atoms. The highest BCUT2D eigenvalue weighted by molar-refractivity contribution is 5.96. The third kappa shape index (κ3) is 4.47. The predicted octanol–water partition coefficient (Wildman–Crippen LogP) is 3.32. The van der Waals surface area contributed by atoms with Gasteiger partial charge in [0.2, 0.25) is 5.88 Å². The summed E-state index contributed by atoms with van der Waals surface area (Å²) in [5.74, 6) is -1.22.